The first-order valence-electron chi connectivity index (χ1n) is 3.29. The molecule has 0 saturated carbocycles. The third kappa shape index (κ3) is 0.669. The van der Waals surface area contributed by atoms with Gasteiger partial charge >= 0.3 is 0 Å². The van der Waals surface area contributed by atoms with E-state index in [9.17, 15) is 0 Å². The molecule has 0 amide bonds. The number of nitrogens with one attached hydrogen (secondary N) is 1. The first-order chi connectivity index (χ1) is 3.97. The van der Waals surface area contributed by atoms with Gasteiger partial charge in [-0.05, 0) is 24.6 Å². The summed E-state index contributed by atoms with van der Waals surface area (Å²) in [5.41, 5.74) is 0. The second-order valence-corrected chi connectivity index (χ2v) is 3.90. The van der Waals surface area contributed by atoms with Crippen LogP contribution in [-0.2, 0) is 0 Å². The molecule has 0 aromatic rings. The van der Waals surface area contributed by atoms with Crippen LogP contribution >= 0.6 is 11.8 Å². The fraction of sp³-hybridized carbons (Fsp3) is 1.00. The predicted octanol–water partition coefficient (Wildman–Crippen LogP) is 0.711. The molecule has 0 aromatic carbocycles. The van der Waals surface area contributed by atoms with E-state index in [1.807, 2.05) is 0 Å². The maximum Gasteiger partial charge on any atom is 0.0209 e. The summed E-state index contributed by atoms with van der Waals surface area (Å²) in [5.74, 6) is 2.52. The van der Waals surface area contributed by atoms with Gasteiger partial charge in [0.2, 0.25) is 0 Å². The van der Waals surface area contributed by atoms with Crippen molar-refractivity contribution in [2.45, 2.75) is 11.7 Å². The summed E-state index contributed by atoms with van der Waals surface area (Å²) in [5, 5.41) is 4.38. The Morgan fingerprint density at radius 3 is 2.88 bits per heavy atom. The minimum Gasteiger partial charge on any atom is -0.316 e. The summed E-state index contributed by atoms with van der Waals surface area (Å²) in [6.07, 6.45) is 1.43. The van der Waals surface area contributed by atoms with Gasteiger partial charge in [-0.25, -0.2) is 0 Å². The predicted molar refractivity (Wildman–Crippen MR) is 37.2 cm³/mol. The first kappa shape index (κ1) is 5.12. The van der Waals surface area contributed by atoms with E-state index in [2.05, 4.69) is 17.1 Å². The molecule has 2 atom stereocenters. The van der Waals surface area contributed by atoms with Crippen LogP contribution in [0.4, 0.5) is 0 Å². The van der Waals surface area contributed by atoms with Gasteiger partial charge in [0.1, 0.15) is 0 Å². The van der Waals surface area contributed by atoms with Crippen molar-refractivity contribution < 1.29 is 0 Å². The zero-order chi connectivity index (χ0) is 5.40. The van der Waals surface area contributed by atoms with Crippen molar-refractivity contribution in [1.29, 1.82) is 0 Å². The Kier molecular flexibility index (Phi) is 1.23. The summed E-state index contributed by atoms with van der Waals surface area (Å²) >= 11 is 2.13. The Bertz CT molecular complexity index is 82.5. The lowest BCUT2D eigenvalue weighted by atomic mass is 9.99. The maximum atomic E-state index is 3.40. The first-order valence-corrected chi connectivity index (χ1v) is 4.34. The van der Waals surface area contributed by atoms with Gasteiger partial charge in [-0.2, -0.15) is 11.8 Å². The van der Waals surface area contributed by atoms with Crippen LogP contribution in [0.25, 0.3) is 0 Å². The molecule has 1 N–H and O–H groups in total. The Labute approximate surface area is 54.2 Å². The second-order valence-electron chi connectivity index (χ2n) is 2.62. The molecular weight excluding hydrogens is 118 g/mol. The molecule has 2 fully saturated rings. The summed E-state index contributed by atoms with van der Waals surface area (Å²) in [6, 6.07) is 0. The van der Waals surface area contributed by atoms with Gasteiger partial charge in [-0.3, -0.25) is 0 Å². The minimum atomic E-state index is 0.990. The Morgan fingerprint density at radius 1 is 1.50 bits per heavy atom. The van der Waals surface area contributed by atoms with Crippen LogP contribution < -0.4 is 5.32 Å². The van der Waals surface area contributed by atoms with Crippen molar-refractivity contribution in [3.8, 4) is 0 Å². The van der Waals surface area contributed by atoms with E-state index in [1.165, 1.54) is 25.3 Å². The SMILES string of the molecule is C1CC2CSC2CN1. The summed E-state index contributed by atoms with van der Waals surface area (Å²) in [7, 11) is 0. The average Bonchev–Trinajstić information content (AvgIpc) is 1.72. The Morgan fingerprint density at radius 2 is 2.50 bits per heavy atom. The quantitative estimate of drug-likeness (QED) is 0.517. The number of piperidine rings is 1. The van der Waals surface area contributed by atoms with Crippen LogP contribution in [0, 0.1) is 5.92 Å². The summed E-state index contributed by atoms with van der Waals surface area (Å²) < 4.78 is 0. The van der Waals surface area contributed by atoms with Gasteiger partial charge in [-0.1, -0.05) is 0 Å². The Hall–Kier alpha value is 0.310. The molecule has 0 radical (unpaired) electrons. The molecule has 2 rings (SSSR count). The molecular formula is C6H11NS. The molecule has 2 aliphatic heterocycles. The van der Waals surface area contributed by atoms with Gasteiger partial charge in [0.15, 0.2) is 0 Å². The highest BCUT2D eigenvalue weighted by molar-refractivity contribution is 8.01. The number of hydrogen-bond acceptors (Lipinski definition) is 2. The van der Waals surface area contributed by atoms with E-state index < -0.39 is 0 Å². The van der Waals surface area contributed by atoms with E-state index >= 15 is 0 Å². The van der Waals surface area contributed by atoms with Gasteiger partial charge < -0.3 is 5.32 Å². The molecule has 2 heterocycles. The third-order valence-corrected chi connectivity index (χ3v) is 3.69. The van der Waals surface area contributed by atoms with E-state index in [0.29, 0.717) is 0 Å². The lowest BCUT2D eigenvalue weighted by Crippen LogP contribution is -2.45. The lowest BCUT2D eigenvalue weighted by molar-refractivity contribution is 0.395. The van der Waals surface area contributed by atoms with E-state index in [4.69, 9.17) is 0 Å². The normalized spacial score (nSPS) is 45.0. The van der Waals surface area contributed by atoms with Crippen LogP contribution in [0.5, 0.6) is 0 Å². The molecule has 0 bridgehead atoms. The standard InChI is InChI=1S/C6H11NS/c1-2-7-3-6-5(1)4-8-6/h5-7H,1-4H2. The van der Waals surface area contributed by atoms with Crippen LogP contribution in [0.15, 0.2) is 0 Å². The van der Waals surface area contributed by atoms with Crippen molar-refractivity contribution in [2.24, 2.45) is 5.92 Å². The number of hydrogen-bond donors (Lipinski definition) is 1. The molecule has 0 aromatic heterocycles. The highest BCUT2D eigenvalue weighted by atomic mass is 32.2. The molecule has 46 valence electrons. The highest BCUT2D eigenvalue weighted by Crippen LogP contribution is 2.37. The van der Waals surface area contributed by atoms with Crippen LogP contribution in [-0.4, -0.2) is 24.1 Å². The topological polar surface area (TPSA) is 12.0 Å². The largest absolute Gasteiger partial charge is 0.316 e. The average molecular weight is 129 g/mol. The fourth-order valence-corrected chi connectivity index (χ4v) is 2.67. The lowest BCUT2D eigenvalue weighted by Gasteiger charge is -2.40. The van der Waals surface area contributed by atoms with Crippen LogP contribution in [0.1, 0.15) is 6.42 Å². The number of rotatable bonds is 0. The number of thioether (sulfide) groups is 1. The minimum absolute atomic E-state index is 0.990. The number of fused-ring (bicyclic) bond motifs is 1. The van der Waals surface area contributed by atoms with Gasteiger partial charge in [0.25, 0.3) is 0 Å². The van der Waals surface area contributed by atoms with Crippen LogP contribution in [0.2, 0.25) is 0 Å². The Balaban J connectivity index is 1.92. The fourth-order valence-electron chi connectivity index (χ4n) is 1.39. The van der Waals surface area contributed by atoms with E-state index in [1.54, 1.807) is 0 Å². The summed E-state index contributed by atoms with van der Waals surface area (Å²) in [6.45, 7) is 2.54. The van der Waals surface area contributed by atoms with E-state index in [0.717, 1.165) is 11.2 Å². The monoisotopic (exact) mass is 129 g/mol. The third-order valence-electron chi connectivity index (χ3n) is 2.09. The zero-order valence-electron chi connectivity index (χ0n) is 4.89. The van der Waals surface area contributed by atoms with Gasteiger partial charge in [0.05, 0.1) is 0 Å². The van der Waals surface area contributed by atoms with Crippen molar-refractivity contribution >= 4 is 11.8 Å². The van der Waals surface area contributed by atoms with Crippen molar-refractivity contribution in [1.82, 2.24) is 5.32 Å². The molecule has 1 nitrogen and oxygen atoms in total. The maximum absolute atomic E-state index is 3.40. The zero-order valence-corrected chi connectivity index (χ0v) is 5.71. The molecule has 2 unspecified atom stereocenters. The molecule has 2 saturated heterocycles. The second kappa shape index (κ2) is 1.92. The molecule has 0 spiro atoms. The molecule has 8 heavy (non-hydrogen) atoms. The van der Waals surface area contributed by atoms with Crippen molar-refractivity contribution in [2.75, 3.05) is 18.8 Å². The smallest absolute Gasteiger partial charge is 0.0209 e. The van der Waals surface area contributed by atoms with Gasteiger partial charge in [-0.15, -0.1) is 0 Å². The van der Waals surface area contributed by atoms with Crippen LogP contribution in [0.3, 0.4) is 0 Å². The summed E-state index contributed by atoms with van der Waals surface area (Å²) in [4.78, 5) is 0. The molecule has 2 aliphatic rings. The molecule has 0 aliphatic carbocycles. The highest BCUT2D eigenvalue weighted by Gasteiger charge is 2.32. The van der Waals surface area contributed by atoms with Crippen molar-refractivity contribution in [3.05, 3.63) is 0 Å². The van der Waals surface area contributed by atoms with Crippen molar-refractivity contribution in [3.63, 3.8) is 0 Å². The van der Waals surface area contributed by atoms with Gasteiger partial charge in [0, 0.05) is 11.8 Å². The molecule has 2 heteroatoms. The van der Waals surface area contributed by atoms with E-state index in [-0.39, 0.29) is 0 Å².